The molecule has 0 aliphatic carbocycles. The summed E-state index contributed by atoms with van der Waals surface area (Å²) >= 11 is 0. The molecule has 0 heterocycles. The third kappa shape index (κ3) is 4.90. The van der Waals surface area contributed by atoms with Crippen LogP contribution < -0.4 is 5.32 Å². The molecule has 0 saturated carbocycles. The Bertz CT molecular complexity index is 521. The largest absolute Gasteiger partial charge is 0.367 e. The van der Waals surface area contributed by atoms with Crippen LogP contribution in [0.3, 0.4) is 0 Å². The van der Waals surface area contributed by atoms with E-state index >= 15 is 0 Å². The Kier molecular flexibility index (Phi) is 6.04. The van der Waals surface area contributed by atoms with Gasteiger partial charge in [-0.1, -0.05) is 38.1 Å². The van der Waals surface area contributed by atoms with E-state index in [0.29, 0.717) is 12.6 Å². The fourth-order valence-electron chi connectivity index (χ4n) is 2.18. The molecule has 118 valence electrons. The first kappa shape index (κ1) is 16.6. The van der Waals surface area contributed by atoms with Crippen molar-refractivity contribution in [3.05, 3.63) is 71.3 Å². The van der Waals surface area contributed by atoms with Crippen LogP contribution in [0.4, 0.5) is 8.78 Å². The third-order valence-electron chi connectivity index (χ3n) is 3.28. The lowest BCUT2D eigenvalue weighted by molar-refractivity contribution is 0.0810. The highest BCUT2D eigenvalue weighted by Crippen LogP contribution is 2.26. The molecule has 0 bridgehead atoms. The van der Waals surface area contributed by atoms with Crippen molar-refractivity contribution in [1.82, 2.24) is 5.32 Å². The minimum absolute atomic E-state index is 0.289. The van der Waals surface area contributed by atoms with Crippen LogP contribution in [-0.4, -0.2) is 19.2 Å². The molecular formula is C18H21F2NO. The summed E-state index contributed by atoms with van der Waals surface area (Å²) in [6.45, 7) is 5.36. The SMILES string of the molecule is CC(C)NCCOC(c1ccc(F)cc1)c1ccc(F)cc1. The number of nitrogens with one attached hydrogen (secondary N) is 1. The third-order valence-corrected chi connectivity index (χ3v) is 3.28. The zero-order valence-corrected chi connectivity index (χ0v) is 12.9. The lowest BCUT2D eigenvalue weighted by Gasteiger charge is -2.20. The highest BCUT2D eigenvalue weighted by Gasteiger charge is 2.15. The number of hydrogen-bond acceptors (Lipinski definition) is 2. The molecule has 0 unspecified atom stereocenters. The first-order valence-corrected chi connectivity index (χ1v) is 7.42. The van der Waals surface area contributed by atoms with Crippen molar-refractivity contribution >= 4 is 0 Å². The van der Waals surface area contributed by atoms with Crippen LogP contribution in [0.25, 0.3) is 0 Å². The van der Waals surface area contributed by atoms with Crippen molar-refractivity contribution < 1.29 is 13.5 Å². The first-order valence-electron chi connectivity index (χ1n) is 7.42. The molecule has 0 saturated heterocycles. The topological polar surface area (TPSA) is 21.3 Å². The maximum absolute atomic E-state index is 13.1. The minimum Gasteiger partial charge on any atom is -0.367 e. The Morgan fingerprint density at radius 3 is 1.73 bits per heavy atom. The summed E-state index contributed by atoms with van der Waals surface area (Å²) in [7, 11) is 0. The molecular weight excluding hydrogens is 284 g/mol. The quantitative estimate of drug-likeness (QED) is 0.779. The highest BCUT2D eigenvalue weighted by molar-refractivity contribution is 5.30. The second-order valence-electron chi connectivity index (χ2n) is 5.46. The van der Waals surface area contributed by atoms with E-state index in [2.05, 4.69) is 19.2 Å². The van der Waals surface area contributed by atoms with E-state index in [0.717, 1.165) is 17.7 Å². The van der Waals surface area contributed by atoms with Gasteiger partial charge in [-0.2, -0.15) is 0 Å². The standard InChI is InChI=1S/C18H21F2NO/c1-13(2)21-11-12-22-18(14-3-7-16(19)8-4-14)15-5-9-17(20)10-6-15/h3-10,13,18,21H,11-12H2,1-2H3. The molecule has 0 spiro atoms. The monoisotopic (exact) mass is 305 g/mol. The van der Waals surface area contributed by atoms with Crippen LogP contribution in [-0.2, 0) is 4.74 Å². The van der Waals surface area contributed by atoms with Gasteiger partial charge >= 0.3 is 0 Å². The number of halogens is 2. The maximum atomic E-state index is 13.1. The summed E-state index contributed by atoms with van der Waals surface area (Å²) < 4.78 is 32.1. The van der Waals surface area contributed by atoms with Crippen LogP contribution in [0.1, 0.15) is 31.1 Å². The van der Waals surface area contributed by atoms with Crippen LogP contribution in [0.15, 0.2) is 48.5 Å². The average molecular weight is 305 g/mol. The summed E-state index contributed by atoms with van der Waals surface area (Å²) in [5.41, 5.74) is 1.69. The predicted molar refractivity (Wildman–Crippen MR) is 83.7 cm³/mol. The summed E-state index contributed by atoms with van der Waals surface area (Å²) in [6, 6.07) is 12.8. The van der Waals surface area contributed by atoms with E-state index in [1.807, 2.05) is 0 Å². The Hall–Kier alpha value is -1.78. The van der Waals surface area contributed by atoms with Gasteiger partial charge in [0.15, 0.2) is 0 Å². The zero-order valence-electron chi connectivity index (χ0n) is 12.9. The van der Waals surface area contributed by atoms with E-state index in [1.54, 1.807) is 24.3 Å². The first-order chi connectivity index (χ1) is 10.6. The summed E-state index contributed by atoms with van der Waals surface area (Å²) in [5.74, 6) is -0.578. The van der Waals surface area contributed by atoms with Gasteiger partial charge in [-0.05, 0) is 35.4 Å². The normalized spacial score (nSPS) is 11.4. The molecule has 0 radical (unpaired) electrons. The van der Waals surface area contributed by atoms with E-state index in [9.17, 15) is 8.78 Å². The summed E-state index contributed by atoms with van der Waals surface area (Å²) in [4.78, 5) is 0. The maximum Gasteiger partial charge on any atom is 0.123 e. The lowest BCUT2D eigenvalue weighted by Crippen LogP contribution is -2.27. The molecule has 2 aromatic carbocycles. The minimum atomic E-state index is -0.338. The van der Waals surface area contributed by atoms with E-state index in [-0.39, 0.29) is 17.7 Å². The van der Waals surface area contributed by atoms with E-state index in [1.165, 1.54) is 24.3 Å². The van der Waals surface area contributed by atoms with E-state index in [4.69, 9.17) is 4.74 Å². The van der Waals surface area contributed by atoms with Gasteiger partial charge < -0.3 is 10.1 Å². The Morgan fingerprint density at radius 2 is 1.32 bits per heavy atom. The number of benzene rings is 2. The fourth-order valence-corrected chi connectivity index (χ4v) is 2.18. The van der Waals surface area contributed by atoms with Crippen molar-refractivity contribution in [2.45, 2.75) is 26.0 Å². The number of rotatable bonds is 7. The van der Waals surface area contributed by atoms with Gasteiger partial charge in [0, 0.05) is 12.6 Å². The van der Waals surface area contributed by atoms with Gasteiger partial charge in [0.2, 0.25) is 0 Å². The van der Waals surface area contributed by atoms with Crippen LogP contribution in [0.5, 0.6) is 0 Å². The molecule has 0 aromatic heterocycles. The Balaban J connectivity index is 2.13. The second kappa shape index (κ2) is 8.01. The summed E-state index contributed by atoms with van der Waals surface area (Å²) in [6.07, 6.45) is -0.338. The van der Waals surface area contributed by atoms with Crippen molar-refractivity contribution in [3.8, 4) is 0 Å². The molecule has 4 heteroatoms. The number of ether oxygens (including phenoxy) is 1. The number of hydrogen-bond donors (Lipinski definition) is 1. The van der Waals surface area contributed by atoms with Gasteiger partial charge in [0.1, 0.15) is 17.7 Å². The molecule has 0 atom stereocenters. The smallest absolute Gasteiger partial charge is 0.123 e. The molecule has 0 fully saturated rings. The molecule has 0 aliphatic heterocycles. The van der Waals surface area contributed by atoms with Crippen molar-refractivity contribution in [1.29, 1.82) is 0 Å². The average Bonchev–Trinajstić information content (AvgIpc) is 2.50. The lowest BCUT2D eigenvalue weighted by atomic mass is 10.0. The molecule has 2 rings (SSSR count). The fraction of sp³-hybridized carbons (Fsp3) is 0.333. The van der Waals surface area contributed by atoms with Crippen LogP contribution >= 0.6 is 0 Å². The molecule has 22 heavy (non-hydrogen) atoms. The summed E-state index contributed by atoms with van der Waals surface area (Å²) in [5, 5.41) is 3.28. The highest BCUT2D eigenvalue weighted by atomic mass is 19.1. The molecule has 0 aliphatic rings. The van der Waals surface area contributed by atoms with Crippen molar-refractivity contribution in [2.24, 2.45) is 0 Å². The van der Waals surface area contributed by atoms with E-state index < -0.39 is 0 Å². The van der Waals surface area contributed by atoms with Crippen LogP contribution in [0, 0.1) is 11.6 Å². The Morgan fingerprint density at radius 1 is 0.864 bits per heavy atom. The molecule has 2 aromatic rings. The second-order valence-corrected chi connectivity index (χ2v) is 5.46. The van der Waals surface area contributed by atoms with Crippen molar-refractivity contribution in [3.63, 3.8) is 0 Å². The zero-order chi connectivity index (χ0) is 15.9. The Labute approximate surface area is 130 Å². The van der Waals surface area contributed by atoms with Crippen molar-refractivity contribution in [2.75, 3.05) is 13.2 Å². The molecule has 1 N–H and O–H groups in total. The van der Waals surface area contributed by atoms with Gasteiger partial charge in [0.05, 0.1) is 6.61 Å². The predicted octanol–water partition coefficient (Wildman–Crippen LogP) is 4.07. The van der Waals surface area contributed by atoms with Gasteiger partial charge in [0.25, 0.3) is 0 Å². The molecule has 0 amide bonds. The van der Waals surface area contributed by atoms with Gasteiger partial charge in [-0.25, -0.2) is 8.78 Å². The van der Waals surface area contributed by atoms with Gasteiger partial charge in [-0.3, -0.25) is 0 Å². The van der Waals surface area contributed by atoms with Crippen LogP contribution in [0.2, 0.25) is 0 Å². The molecule has 2 nitrogen and oxygen atoms in total. The van der Waals surface area contributed by atoms with Gasteiger partial charge in [-0.15, -0.1) is 0 Å².